The van der Waals surface area contributed by atoms with E-state index in [4.69, 9.17) is 11.5 Å². The molecule has 0 radical (unpaired) electrons. The number of hydrogen-bond donors (Lipinski definition) is 3. The second-order valence-corrected chi connectivity index (χ2v) is 3.45. The molecule has 0 heterocycles. The van der Waals surface area contributed by atoms with Gasteiger partial charge in [0.05, 0.1) is 6.04 Å². The number of hydrogen-bond acceptors (Lipinski definition) is 3. The van der Waals surface area contributed by atoms with Crippen molar-refractivity contribution in [2.24, 2.45) is 11.5 Å². The van der Waals surface area contributed by atoms with Gasteiger partial charge in [0.1, 0.15) is 0 Å². The van der Waals surface area contributed by atoms with Crippen LogP contribution in [0.15, 0.2) is 0 Å². The molecule has 0 spiro atoms. The molecule has 0 bridgehead atoms. The van der Waals surface area contributed by atoms with Gasteiger partial charge in [0.25, 0.3) is 0 Å². The van der Waals surface area contributed by atoms with Gasteiger partial charge in [-0.15, -0.1) is 0 Å². The van der Waals surface area contributed by atoms with Crippen molar-refractivity contribution in [3.05, 3.63) is 0 Å². The molecule has 4 nitrogen and oxygen atoms in total. The number of nitrogens with one attached hydrogen (secondary N) is 1. The molecule has 0 aromatic heterocycles. The predicted molar refractivity (Wildman–Crippen MR) is 42.8 cm³/mol. The standard InChI is InChI=1S/C7H15N3O/c1-7(2-3-7)10-4-5(8)6(9)11/h5,10H,2-4,8H2,1H3,(H2,9,11). The van der Waals surface area contributed by atoms with Crippen LogP contribution in [-0.2, 0) is 4.79 Å². The summed E-state index contributed by atoms with van der Waals surface area (Å²) in [5, 5.41) is 3.19. The van der Waals surface area contributed by atoms with E-state index in [-0.39, 0.29) is 5.54 Å². The summed E-state index contributed by atoms with van der Waals surface area (Å²) in [5.41, 5.74) is 10.6. The van der Waals surface area contributed by atoms with Crippen LogP contribution in [0.3, 0.4) is 0 Å². The lowest BCUT2D eigenvalue weighted by Gasteiger charge is -2.13. The van der Waals surface area contributed by atoms with E-state index in [0.717, 1.165) is 0 Å². The smallest absolute Gasteiger partial charge is 0.235 e. The molecule has 4 heteroatoms. The lowest BCUT2D eigenvalue weighted by atomic mass is 10.2. The molecule has 0 aliphatic heterocycles. The summed E-state index contributed by atoms with van der Waals surface area (Å²) in [6.45, 7) is 2.60. The fraction of sp³-hybridized carbons (Fsp3) is 0.857. The molecule has 64 valence electrons. The van der Waals surface area contributed by atoms with Gasteiger partial charge in [0.15, 0.2) is 0 Å². The maximum atomic E-state index is 10.5. The highest BCUT2D eigenvalue weighted by Crippen LogP contribution is 2.33. The van der Waals surface area contributed by atoms with Gasteiger partial charge in [-0.3, -0.25) is 4.79 Å². The van der Waals surface area contributed by atoms with Gasteiger partial charge in [-0.1, -0.05) is 0 Å². The highest BCUT2D eigenvalue weighted by atomic mass is 16.1. The van der Waals surface area contributed by atoms with Crippen LogP contribution in [0, 0.1) is 0 Å². The van der Waals surface area contributed by atoms with Gasteiger partial charge in [-0.05, 0) is 19.8 Å². The summed E-state index contributed by atoms with van der Waals surface area (Å²) < 4.78 is 0. The number of amides is 1. The third-order valence-corrected chi connectivity index (χ3v) is 2.11. The van der Waals surface area contributed by atoms with E-state index in [1.54, 1.807) is 0 Å². The van der Waals surface area contributed by atoms with Crippen molar-refractivity contribution in [2.75, 3.05) is 6.54 Å². The first-order valence-electron chi connectivity index (χ1n) is 3.83. The van der Waals surface area contributed by atoms with Crippen LogP contribution in [0.2, 0.25) is 0 Å². The molecule has 1 fully saturated rings. The Labute approximate surface area is 66.3 Å². The largest absolute Gasteiger partial charge is 0.368 e. The van der Waals surface area contributed by atoms with Crippen molar-refractivity contribution < 1.29 is 4.79 Å². The Bertz CT molecular complexity index is 165. The van der Waals surface area contributed by atoms with Crippen LogP contribution in [0.4, 0.5) is 0 Å². The monoisotopic (exact) mass is 157 g/mol. The third-order valence-electron chi connectivity index (χ3n) is 2.11. The summed E-state index contributed by atoms with van der Waals surface area (Å²) in [6, 6.07) is -0.549. The van der Waals surface area contributed by atoms with Gasteiger partial charge in [-0.2, -0.15) is 0 Å². The Kier molecular flexibility index (Phi) is 2.15. The number of primary amides is 1. The zero-order valence-electron chi connectivity index (χ0n) is 6.76. The Balaban J connectivity index is 2.16. The quantitative estimate of drug-likeness (QED) is 0.486. The minimum absolute atomic E-state index is 0.229. The number of carbonyl (C=O) groups is 1. The molecular weight excluding hydrogens is 142 g/mol. The van der Waals surface area contributed by atoms with E-state index in [1.807, 2.05) is 0 Å². The molecule has 0 aromatic rings. The summed E-state index contributed by atoms with van der Waals surface area (Å²) in [5.74, 6) is -0.443. The molecular formula is C7H15N3O. The second-order valence-electron chi connectivity index (χ2n) is 3.45. The Morgan fingerprint density at radius 1 is 1.73 bits per heavy atom. The SMILES string of the molecule is CC1(NCC(N)C(N)=O)CC1. The van der Waals surface area contributed by atoms with E-state index < -0.39 is 11.9 Å². The summed E-state index contributed by atoms with van der Waals surface area (Å²) in [6.07, 6.45) is 2.33. The van der Waals surface area contributed by atoms with E-state index in [9.17, 15) is 4.79 Å². The number of nitrogens with two attached hydrogens (primary N) is 2. The van der Waals surface area contributed by atoms with Crippen molar-refractivity contribution in [3.8, 4) is 0 Å². The molecule has 1 aliphatic rings. The molecule has 1 atom stereocenters. The average Bonchev–Trinajstić information content (AvgIpc) is 2.64. The maximum absolute atomic E-state index is 10.5. The Hall–Kier alpha value is -0.610. The molecule has 1 amide bonds. The fourth-order valence-corrected chi connectivity index (χ4v) is 0.821. The van der Waals surface area contributed by atoms with E-state index in [0.29, 0.717) is 6.54 Å². The summed E-state index contributed by atoms with van der Waals surface area (Å²) in [7, 11) is 0. The number of rotatable bonds is 4. The Morgan fingerprint density at radius 3 is 2.64 bits per heavy atom. The van der Waals surface area contributed by atoms with E-state index in [2.05, 4.69) is 12.2 Å². The third kappa shape index (κ3) is 2.48. The van der Waals surface area contributed by atoms with Gasteiger partial charge >= 0.3 is 0 Å². The minimum Gasteiger partial charge on any atom is -0.368 e. The van der Waals surface area contributed by atoms with Crippen molar-refractivity contribution in [2.45, 2.75) is 31.3 Å². The highest BCUT2D eigenvalue weighted by Gasteiger charge is 2.36. The van der Waals surface area contributed by atoms with Gasteiger partial charge in [0.2, 0.25) is 5.91 Å². The van der Waals surface area contributed by atoms with Gasteiger partial charge in [0, 0.05) is 12.1 Å². The van der Waals surface area contributed by atoms with Crippen LogP contribution in [0.25, 0.3) is 0 Å². The molecule has 1 saturated carbocycles. The normalized spacial score (nSPS) is 22.7. The van der Waals surface area contributed by atoms with Crippen LogP contribution < -0.4 is 16.8 Å². The molecule has 1 rings (SSSR count). The molecule has 0 aromatic carbocycles. The first kappa shape index (κ1) is 8.49. The first-order valence-corrected chi connectivity index (χ1v) is 3.83. The van der Waals surface area contributed by atoms with Crippen molar-refractivity contribution in [1.82, 2.24) is 5.32 Å². The van der Waals surface area contributed by atoms with Gasteiger partial charge < -0.3 is 16.8 Å². The van der Waals surface area contributed by atoms with Crippen molar-refractivity contribution in [1.29, 1.82) is 0 Å². The predicted octanol–water partition coefficient (Wildman–Crippen LogP) is -1.06. The summed E-state index contributed by atoms with van der Waals surface area (Å²) in [4.78, 5) is 10.5. The Morgan fingerprint density at radius 2 is 2.27 bits per heavy atom. The van der Waals surface area contributed by atoms with E-state index in [1.165, 1.54) is 12.8 Å². The fourth-order valence-electron chi connectivity index (χ4n) is 0.821. The lowest BCUT2D eigenvalue weighted by Crippen LogP contribution is -2.47. The van der Waals surface area contributed by atoms with Crippen LogP contribution in [0.5, 0.6) is 0 Å². The minimum atomic E-state index is -0.549. The van der Waals surface area contributed by atoms with Crippen LogP contribution in [0.1, 0.15) is 19.8 Å². The van der Waals surface area contributed by atoms with Crippen LogP contribution in [-0.4, -0.2) is 24.0 Å². The van der Waals surface area contributed by atoms with Gasteiger partial charge in [-0.25, -0.2) is 0 Å². The van der Waals surface area contributed by atoms with Crippen molar-refractivity contribution >= 4 is 5.91 Å². The second kappa shape index (κ2) is 2.79. The molecule has 1 unspecified atom stereocenters. The number of carbonyl (C=O) groups excluding carboxylic acids is 1. The topological polar surface area (TPSA) is 81.1 Å². The zero-order chi connectivity index (χ0) is 8.48. The zero-order valence-corrected chi connectivity index (χ0v) is 6.76. The van der Waals surface area contributed by atoms with Crippen molar-refractivity contribution in [3.63, 3.8) is 0 Å². The maximum Gasteiger partial charge on any atom is 0.235 e. The first-order chi connectivity index (χ1) is 5.03. The highest BCUT2D eigenvalue weighted by molar-refractivity contribution is 5.79. The molecule has 5 N–H and O–H groups in total. The molecule has 0 saturated heterocycles. The molecule has 11 heavy (non-hydrogen) atoms. The molecule has 1 aliphatic carbocycles. The summed E-state index contributed by atoms with van der Waals surface area (Å²) >= 11 is 0. The average molecular weight is 157 g/mol. The van der Waals surface area contributed by atoms with E-state index >= 15 is 0 Å². The van der Waals surface area contributed by atoms with Crippen LogP contribution >= 0.6 is 0 Å². The lowest BCUT2D eigenvalue weighted by molar-refractivity contribution is -0.119.